The van der Waals surface area contributed by atoms with Crippen LogP contribution in [0.1, 0.15) is 30.1 Å². The Morgan fingerprint density at radius 1 is 1.57 bits per heavy atom. The number of likely N-dealkylation sites (tertiary alicyclic amines) is 1. The Bertz CT molecular complexity index is 518. The van der Waals surface area contributed by atoms with Crippen LogP contribution >= 0.6 is 15.9 Å². The lowest BCUT2D eigenvalue weighted by Crippen LogP contribution is -2.45. The molecule has 1 amide bonds. The molecule has 2 atom stereocenters. The summed E-state index contributed by atoms with van der Waals surface area (Å²) in [6, 6.07) is 1.97. The van der Waals surface area contributed by atoms with Crippen LogP contribution in [0.3, 0.4) is 0 Å². The summed E-state index contributed by atoms with van der Waals surface area (Å²) in [6.07, 6.45) is 3.82. The number of piperidine rings is 1. The molecule has 2 rings (SSSR count). The Morgan fingerprint density at radius 2 is 2.29 bits per heavy atom. The molecule has 1 aliphatic heterocycles. The van der Waals surface area contributed by atoms with Crippen LogP contribution in [0.2, 0.25) is 0 Å². The SMILES string of the molecule is CC(N)C1CCCN(C(=O)c2cc(Br)cnc2N(C)C)C1. The van der Waals surface area contributed by atoms with Crippen molar-refractivity contribution in [1.82, 2.24) is 9.88 Å². The molecule has 1 aromatic rings. The van der Waals surface area contributed by atoms with Crippen molar-refractivity contribution in [1.29, 1.82) is 0 Å². The van der Waals surface area contributed by atoms with Crippen molar-refractivity contribution in [3.63, 3.8) is 0 Å². The molecule has 6 heteroatoms. The highest BCUT2D eigenvalue weighted by atomic mass is 79.9. The molecule has 0 aliphatic carbocycles. The number of nitrogens with zero attached hydrogens (tertiary/aromatic N) is 3. The molecule has 0 spiro atoms. The Kier molecular flexibility index (Phi) is 5.22. The molecular weight excluding hydrogens is 332 g/mol. The molecule has 116 valence electrons. The Labute approximate surface area is 134 Å². The van der Waals surface area contributed by atoms with Crippen molar-refractivity contribution >= 4 is 27.7 Å². The van der Waals surface area contributed by atoms with Gasteiger partial charge in [0.15, 0.2) is 0 Å². The van der Waals surface area contributed by atoms with Crippen LogP contribution in [-0.4, -0.2) is 49.0 Å². The first-order chi connectivity index (χ1) is 9.90. The Balaban J connectivity index is 2.25. The molecule has 0 radical (unpaired) electrons. The number of anilines is 1. The van der Waals surface area contributed by atoms with Gasteiger partial charge in [-0.3, -0.25) is 4.79 Å². The minimum absolute atomic E-state index is 0.0397. The number of rotatable bonds is 3. The van der Waals surface area contributed by atoms with Gasteiger partial charge < -0.3 is 15.5 Å². The van der Waals surface area contributed by atoms with Gasteiger partial charge in [-0.05, 0) is 47.7 Å². The summed E-state index contributed by atoms with van der Waals surface area (Å²) in [4.78, 5) is 21.0. The van der Waals surface area contributed by atoms with E-state index in [-0.39, 0.29) is 11.9 Å². The maximum absolute atomic E-state index is 12.8. The molecule has 2 heterocycles. The fourth-order valence-corrected chi connectivity index (χ4v) is 3.07. The monoisotopic (exact) mass is 354 g/mol. The number of amides is 1. The van der Waals surface area contributed by atoms with Crippen LogP contribution in [0.5, 0.6) is 0 Å². The van der Waals surface area contributed by atoms with E-state index in [1.165, 1.54) is 0 Å². The van der Waals surface area contributed by atoms with Crippen LogP contribution in [-0.2, 0) is 0 Å². The van der Waals surface area contributed by atoms with Gasteiger partial charge >= 0.3 is 0 Å². The van der Waals surface area contributed by atoms with Gasteiger partial charge in [-0.25, -0.2) is 4.98 Å². The van der Waals surface area contributed by atoms with Gasteiger partial charge in [0.2, 0.25) is 0 Å². The molecule has 0 aromatic carbocycles. The molecular formula is C15H23BrN4O. The van der Waals surface area contributed by atoms with E-state index < -0.39 is 0 Å². The molecule has 2 N–H and O–H groups in total. The molecule has 21 heavy (non-hydrogen) atoms. The maximum atomic E-state index is 12.8. The summed E-state index contributed by atoms with van der Waals surface area (Å²) >= 11 is 3.40. The fourth-order valence-electron chi connectivity index (χ4n) is 2.74. The van der Waals surface area contributed by atoms with Gasteiger partial charge in [-0.15, -0.1) is 0 Å². The number of hydrogen-bond acceptors (Lipinski definition) is 4. The number of aromatic nitrogens is 1. The first-order valence-electron chi connectivity index (χ1n) is 7.28. The minimum atomic E-state index is 0.0397. The number of halogens is 1. The third kappa shape index (κ3) is 3.74. The lowest BCUT2D eigenvalue weighted by atomic mass is 9.92. The van der Waals surface area contributed by atoms with Gasteiger partial charge in [-0.2, -0.15) is 0 Å². The average molecular weight is 355 g/mol. The maximum Gasteiger partial charge on any atom is 0.257 e. The zero-order valence-electron chi connectivity index (χ0n) is 12.8. The van der Waals surface area contributed by atoms with Gasteiger partial charge in [0.1, 0.15) is 5.82 Å². The van der Waals surface area contributed by atoms with Crippen LogP contribution in [0, 0.1) is 5.92 Å². The highest BCUT2D eigenvalue weighted by Crippen LogP contribution is 2.25. The van der Waals surface area contributed by atoms with E-state index in [1.54, 1.807) is 6.20 Å². The van der Waals surface area contributed by atoms with Crippen molar-refractivity contribution in [2.75, 3.05) is 32.1 Å². The second-order valence-corrected chi connectivity index (χ2v) is 6.85. The first kappa shape index (κ1) is 16.2. The Hall–Kier alpha value is -1.14. The summed E-state index contributed by atoms with van der Waals surface area (Å²) < 4.78 is 0.817. The number of pyridine rings is 1. The summed E-state index contributed by atoms with van der Waals surface area (Å²) in [5, 5.41) is 0. The smallest absolute Gasteiger partial charge is 0.257 e. The van der Waals surface area contributed by atoms with Crippen LogP contribution in [0.25, 0.3) is 0 Å². The summed E-state index contributed by atoms with van der Waals surface area (Å²) in [6.45, 7) is 3.54. The third-order valence-corrected chi connectivity index (χ3v) is 4.41. The van der Waals surface area contributed by atoms with E-state index in [9.17, 15) is 4.79 Å². The van der Waals surface area contributed by atoms with Crippen molar-refractivity contribution in [2.45, 2.75) is 25.8 Å². The molecule has 1 aromatic heterocycles. The minimum Gasteiger partial charge on any atom is -0.362 e. The second kappa shape index (κ2) is 6.75. The van der Waals surface area contributed by atoms with E-state index in [0.717, 1.165) is 30.4 Å². The van der Waals surface area contributed by atoms with Crippen molar-refractivity contribution in [3.05, 3.63) is 22.3 Å². The largest absolute Gasteiger partial charge is 0.362 e. The zero-order chi connectivity index (χ0) is 15.6. The summed E-state index contributed by atoms with van der Waals surface area (Å²) in [5.41, 5.74) is 6.64. The van der Waals surface area contributed by atoms with E-state index in [4.69, 9.17) is 5.73 Å². The topological polar surface area (TPSA) is 62.5 Å². The van der Waals surface area contributed by atoms with Gasteiger partial charge in [0, 0.05) is 43.9 Å². The Morgan fingerprint density at radius 3 is 2.90 bits per heavy atom. The van der Waals surface area contributed by atoms with Crippen LogP contribution in [0.4, 0.5) is 5.82 Å². The quantitative estimate of drug-likeness (QED) is 0.902. The zero-order valence-corrected chi connectivity index (χ0v) is 14.4. The van der Waals surface area contributed by atoms with E-state index in [0.29, 0.717) is 17.3 Å². The molecule has 2 unspecified atom stereocenters. The number of carbonyl (C=O) groups is 1. The van der Waals surface area contributed by atoms with Crippen LogP contribution in [0.15, 0.2) is 16.7 Å². The van der Waals surface area contributed by atoms with Crippen molar-refractivity contribution in [2.24, 2.45) is 11.7 Å². The number of carbonyl (C=O) groups excluding carboxylic acids is 1. The number of hydrogen-bond donors (Lipinski definition) is 1. The summed E-state index contributed by atoms with van der Waals surface area (Å²) in [5.74, 6) is 1.12. The third-order valence-electron chi connectivity index (χ3n) is 3.98. The summed E-state index contributed by atoms with van der Waals surface area (Å²) in [7, 11) is 3.79. The van der Waals surface area contributed by atoms with Gasteiger partial charge in [-0.1, -0.05) is 0 Å². The molecule has 1 aliphatic rings. The molecule has 0 saturated carbocycles. The standard InChI is InChI=1S/C15H23BrN4O/c1-10(17)11-5-4-6-20(9-11)15(21)13-7-12(16)8-18-14(13)19(2)3/h7-8,10-11H,4-6,9,17H2,1-3H3. The number of nitrogens with two attached hydrogens (primary N) is 1. The van der Waals surface area contributed by atoms with Gasteiger partial charge in [0.25, 0.3) is 5.91 Å². The van der Waals surface area contributed by atoms with Crippen molar-refractivity contribution < 1.29 is 4.79 Å². The normalized spacial score (nSPS) is 20.2. The molecule has 1 fully saturated rings. The molecule has 5 nitrogen and oxygen atoms in total. The lowest BCUT2D eigenvalue weighted by molar-refractivity contribution is 0.0661. The van der Waals surface area contributed by atoms with E-state index in [1.807, 2.05) is 36.9 Å². The molecule has 0 bridgehead atoms. The van der Waals surface area contributed by atoms with Gasteiger partial charge in [0.05, 0.1) is 5.56 Å². The lowest BCUT2D eigenvalue weighted by Gasteiger charge is -2.35. The van der Waals surface area contributed by atoms with E-state index >= 15 is 0 Å². The fraction of sp³-hybridized carbons (Fsp3) is 0.600. The van der Waals surface area contributed by atoms with E-state index in [2.05, 4.69) is 20.9 Å². The average Bonchev–Trinajstić information content (AvgIpc) is 2.46. The van der Waals surface area contributed by atoms with Crippen molar-refractivity contribution in [3.8, 4) is 0 Å². The molecule has 1 saturated heterocycles. The predicted molar refractivity (Wildman–Crippen MR) is 88.5 cm³/mol. The highest BCUT2D eigenvalue weighted by Gasteiger charge is 2.28. The van der Waals surface area contributed by atoms with Crippen LogP contribution < -0.4 is 10.6 Å². The predicted octanol–water partition coefficient (Wildman–Crippen LogP) is 2.11. The second-order valence-electron chi connectivity index (χ2n) is 5.93. The highest BCUT2D eigenvalue weighted by molar-refractivity contribution is 9.10. The first-order valence-corrected chi connectivity index (χ1v) is 8.07.